The molecule has 0 aliphatic carbocycles. The molecule has 0 saturated carbocycles. The molecule has 0 spiro atoms. The van der Waals surface area contributed by atoms with Gasteiger partial charge in [0.15, 0.2) is 11.5 Å². The molecule has 1 aliphatic rings. The van der Waals surface area contributed by atoms with Gasteiger partial charge in [0.05, 0.1) is 19.0 Å². The van der Waals surface area contributed by atoms with E-state index in [1.807, 2.05) is 0 Å². The topological polar surface area (TPSA) is 119 Å². The zero-order valence-electron chi connectivity index (χ0n) is 9.47. The van der Waals surface area contributed by atoms with E-state index >= 15 is 0 Å². The summed E-state index contributed by atoms with van der Waals surface area (Å²) >= 11 is 0. The van der Waals surface area contributed by atoms with Crippen molar-refractivity contribution in [3.05, 3.63) is 12.7 Å². The van der Waals surface area contributed by atoms with E-state index in [1.54, 1.807) is 10.9 Å². The molecule has 1 saturated heterocycles. The third-order valence-electron chi connectivity index (χ3n) is 3.08. The van der Waals surface area contributed by atoms with Crippen LogP contribution in [0.15, 0.2) is 12.7 Å². The smallest absolute Gasteiger partial charge is 0.167 e. The van der Waals surface area contributed by atoms with Gasteiger partial charge in [-0.2, -0.15) is 0 Å². The minimum absolute atomic E-state index is 0.221. The summed E-state index contributed by atoms with van der Waals surface area (Å²) in [5, 5.41) is 18.8. The van der Waals surface area contributed by atoms with Gasteiger partial charge in [-0.3, -0.25) is 4.57 Å². The Kier molecular flexibility index (Phi) is 2.62. The highest BCUT2D eigenvalue weighted by atomic mass is 16.5. The van der Waals surface area contributed by atoms with Crippen LogP contribution in [0.4, 0.5) is 5.82 Å². The highest BCUT2D eigenvalue weighted by molar-refractivity contribution is 5.81. The van der Waals surface area contributed by atoms with E-state index in [2.05, 4.69) is 15.0 Å². The Bertz CT molecular complexity index is 572. The molecule has 3 rings (SSSR count). The Balaban J connectivity index is 1.99. The van der Waals surface area contributed by atoms with Crippen molar-refractivity contribution in [1.82, 2.24) is 19.5 Å². The van der Waals surface area contributed by atoms with Crippen molar-refractivity contribution in [2.45, 2.75) is 24.9 Å². The van der Waals surface area contributed by atoms with Gasteiger partial charge >= 0.3 is 0 Å². The summed E-state index contributed by atoms with van der Waals surface area (Å²) in [6.07, 6.45) is 1.60. The summed E-state index contributed by atoms with van der Waals surface area (Å²) in [5.41, 5.74) is 6.75. The van der Waals surface area contributed by atoms with Crippen molar-refractivity contribution in [3.8, 4) is 0 Å². The van der Waals surface area contributed by atoms with Gasteiger partial charge in [-0.05, 0) is 0 Å². The van der Waals surface area contributed by atoms with Gasteiger partial charge in [-0.1, -0.05) is 0 Å². The summed E-state index contributed by atoms with van der Waals surface area (Å²) in [7, 11) is 0. The molecule has 4 N–H and O–H groups in total. The number of aromatic nitrogens is 4. The maximum Gasteiger partial charge on any atom is 0.167 e. The molecule has 3 atom stereocenters. The number of imidazole rings is 1. The van der Waals surface area contributed by atoms with Crippen LogP contribution in [0, 0.1) is 0 Å². The molecule has 2 aromatic heterocycles. The maximum absolute atomic E-state index is 9.71. The van der Waals surface area contributed by atoms with E-state index in [-0.39, 0.29) is 6.61 Å². The molecule has 0 radical (unpaired) electrons. The van der Waals surface area contributed by atoms with Crippen LogP contribution < -0.4 is 5.73 Å². The SMILES string of the molecule is [15NH2]c1ncnc2c1[15n][13cH]n2[C@H]1C[C@H](O)[C@@H](CO)O1. The first kappa shape index (κ1) is 11.3. The second kappa shape index (κ2) is 4.16. The van der Waals surface area contributed by atoms with Gasteiger partial charge in [0.25, 0.3) is 0 Å². The number of nitrogens with two attached hydrogens (primary N) is 1. The quantitative estimate of drug-likeness (QED) is 0.591. The fourth-order valence-corrected chi connectivity index (χ4v) is 2.13. The fourth-order valence-electron chi connectivity index (χ4n) is 2.13. The lowest BCUT2D eigenvalue weighted by Crippen LogP contribution is -2.24. The van der Waals surface area contributed by atoms with Gasteiger partial charge < -0.3 is 20.7 Å². The van der Waals surface area contributed by atoms with Crippen LogP contribution in [0.3, 0.4) is 0 Å². The van der Waals surface area contributed by atoms with E-state index in [0.717, 1.165) is 0 Å². The average Bonchev–Trinajstić information content (AvgIpc) is 2.93. The monoisotopic (exact) mass is 254 g/mol. The predicted molar refractivity (Wildman–Crippen MR) is 61.4 cm³/mol. The zero-order valence-corrected chi connectivity index (χ0v) is 9.47. The fraction of sp³-hybridized carbons (Fsp3) is 0.500. The largest absolute Gasteiger partial charge is 0.394 e. The number of nitrogen functional groups attached to an aromatic ring is 1. The number of aliphatic hydroxyl groups excluding tert-OH is 2. The number of rotatable bonds is 2. The number of fused-ring (bicyclic) bond motifs is 1. The third kappa shape index (κ3) is 1.62. The Morgan fingerprint density at radius 3 is 3.00 bits per heavy atom. The van der Waals surface area contributed by atoms with Crippen molar-refractivity contribution in [2.75, 3.05) is 12.3 Å². The van der Waals surface area contributed by atoms with Crippen LogP contribution in [0.5, 0.6) is 0 Å². The first-order chi connectivity index (χ1) is 8.70. The van der Waals surface area contributed by atoms with E-state index < -0.39 is 18.4 Å². The average molecular weight is 254 g/mol. The van der Waals surface area contributed by atoms with Gasteiger partial charge in [0.2, 0.25) is 0 Å². The number of nitrogens with zero attached hydrogens (tertiary/aromatic N) is 4. The Morgan fingerprint density at radius 2 is 2.28 bits per heavy atom. The molecule has 0 unspecified atom stereocenters. The minimum atomic E-state index is -0.698. The van der Waals surface area contributed by atoms with E-state index in [9.17, 15) is 5.11 Å². The summed E-state index contributed by atoms with van der Waals surface area (Å²) in [6.45, 7) is -0.221. The number of hydrogen-bond donors (Lipinski definition) is 3. The summed E-state index contributed by atoms with van der Waals surface area (Å²) < 4.78 is 7.22. The van der Waals surface area contributed by atoms with Crippen molar-refractivity contribution in [1.29, 1.82) is 0 Å². The molecule has 8 heteroatoms. The van der Waals surface area contributed by atoms with Crippen molar-refractivity contribution < 1.29 is 14.9 Å². The highest BCUT2D eigenvalue weighted by Crippen LogP contribution is 2.30. The second-order valence-corrected chi connectivity index (χ2v) is 4.20. The maximum atomic E-state index is 9.71. The van der Waals surface area contributed by atoms with Gasteiger partial charge in [0, 0.05) is 6.42 Å². The summed E-state index contributed by atoms with van der Waals surface area (Å²) in [5.74, 6) is 0.302. The molecule has 18 heavy (non-hydrogen) atoms. The van der Waals surface area contributed by atoms with Crippen LogP contribution in [0.2, 0.25) is 0 Å². The molecule has 8 nitrogen and oxygen atoms in total. The molecular weight excluding hydrogens is 241 g/mol. The summed E-state index contributed by atoms with van der Waals surface area (Å²) in [6, 6.07) is 0. The molecule has 0 aromatic carbocycles. The molecule has 0 bridgehead atoms. The van der Waals surface area contributed by atoms with Crippen LogP contribution in [-0.4, -0.2) is 48.5 Å². The normalized spacial score (nSPS) is 28.0. The first-order valence-corrected chi connectivity index (χ1v) is 5.58. The minimum Gasteiger partial charge on any atom is -0.394 e. The lowest BCUT2D eigenvalue weighted by Gasteiger charge is -2.13. The van der Waals surface area contributed by atoms with Gasteiger partial charge in [0.1, 0.15) is 24.2 Å². The van der Waals surface area contributed by atoms with Crippen LogP contribution >= 0.6 is 0 Å². The summed E-state index contributed by atoms with van der Waals surface area (Å²) in [4.78, 5) is 12.1. The van der Waals surface area contributed by atoms with Crippen molar-refractivity contribution in [3.63, 3.8) is 0 Å². The standard InChI is InChI=1S/C10H13N5O3/c11-9-8-10(13-3-12-9)15(4-14-8)7-1-5(17)6(2-16)18-7/h3-7,16-17H,1-2H2,(H2,11,12,13)/t5-,6+,7+/m0/s1/i4+1,11+1,14+1. The Labute approximate surface area is 102 Å². The molecule has 1 fully saturated rings. The van der Waals surface area contributed by atoms with Crippen LogP contribution in [0.1, 0.15) is 12.6 Å². The number of ether oxygens (including phenoxy) is 1. The molecule has 2 aromatic rings. The molecule has 3 heterocycles. The second-order valence-electron chi connectivity index (χ2n) is 4.20. The Hall–Kier alpha value is -1.77. The lowest BCUT2D eigenvalue weighted by molar-refractivity contribution is -0.0432. The molecular formula is C10H13N5O3. The first-order valence-electron chi connectivity index (χ1n) is 5.58. The lowest BCUT2D eigenvalue weighted by atomic mass is 10.2. The third-order valence-corrected chi connectivity index (χ3v) is 3.08. The van der Waals surface area contributed by atoms with Gasteiger partial charge in [-0.25, -0.2) is 15.0 Å². The number of hydrogen-bond acceptors (Lipinski definition) is 7. The predicted octanol–water partition coefficient (Wildman–Crippen LogP) is -0.951. The van der Waals surface area contributed by atoms with E-state index in [0.29, 0.717) is 23.4 Å². The number of aliphatic hydroxyl groups is 2. The van der Waals surface area contributed by atoms with Gasteiger partial charge in [-0.15, -0.1) is 0 Å². The van der Waals surface area contributed by atoms with Crippen molar-refractivity contribution in [2.24, 2.45) is 0 Å². The van der Waals surface area contributed by atoms with Crippen LogP contribution in [0.25, 0.3) is 11.2 Å². The van der Waals surface area contributed by atoms with E-state index in [4.69, 9.17) is 15.6 Å². The van der Waals surface area contributed by atoms with Crippen molar-refractivity contribution >= 4 is 17.0 Å². The van der Waals surface area contributed by atoms with Crippen LogP contribution in [-0.2, 0) is 4.74 Å². The van der Waals surface area contributed by atoms with E-state index in [1.165, 1.54) is 6.33 Å². The molecule has 96 valence electrons. The molecule has 0 amide bonds. The number of anilines is 1. The molecule has 1 aliphatic heterocycles. The highest BCUT2D eigenvalue weighted by Gasteiger charge is 2.35. The zero-order chi connectivity index (χ0) is 12.7. The Morgan fingerprint density at radius 1 is 1.44 bits per heavy atom.